The minimum Gasteiger partial charge on any atom is -0.451 e. The molecular formula is C23H29FN2O4. The lowest BCUT2D eigenvalue weighted by Crippen LogP contribution is -2.56. The van der Waals surface area contributed by atoms with Gasteiger partial charge < -0.3 is 15.4 Å². The Kier molecular flexibility index (Phi) is 5.55. The van der Waals surface area contributed by atoms with Crippen molar-refractivity contribution in [1.29, 1.82) is 0 Å². The van der Waals surface area contributed by atoms with Crippen LogP contribution in [0.15, 0.2) is 24.3 Å². The second-order valence-electron chi connectivity index (χ2n) is 9.47. The molecule has 4 aliphatic rings. The van der Waals surface area contributed by atoms with Gasteiger partial charge in [0.2, 0.25) is 5.91 Å². The van der Waals surface area contributed by atoms with Crippen molar-refractivity contribution in [3.8, 4) is 0 Å². The highest BCUT2D eigenvalue weighted by Crippen LogP contribution is 2.60. The lowest BCUT2D eigenvalue weighted by molar-refractivity contribution is -0.158. The van der Waals surface area contributed by atoms with Crippen LogP contribution >= 0.6 is 0 Å². The van der Waals surface area contributed by atoms with Crippen LogP contribution in [-0.2, 0) is 19.1 Å². The van der Waals surface area contributed by atoms with Crippen LogP contribution in [0.1, 0.15) is 52.4 Å². The van der Waals surface area contributed by atoms with Gasteiger partial charge in [-0.15, -0.1) is 0 Å². The summed E-state index contributed by atoms with van der Waals surface area (Å²) in [5.41, 5.74) is 0.0713. The van der Waals surface area contributed by atoms with Crippen molar-refractivity contribution in [3.05, 3.63) is 30.1 Å². The number of benzene rings is 1. The zero-order valence-electron chi connectivity index (χ0n) is 17.4. The topological polar surface area (TPSA) is 84.5 Å². The smallest absolute Gasteiger partial charge is 0.329 e. The molecule has 2 N–H and O–H groups in total. The summed E-state index contributed by atoms with van der Waals surface area (Å²) in [7, 11) is 0. The molecule has 1 aromatic carbocycles. The Bertz CT molecular complexity index is 803. The Morgan fingerprint density at radius 2 is 1.53 bits per heavy atom. The molecule has 0 saturated heterocycles. The maximum Gasteiger partial charge on any atom is 0.329 e. The summed E-state index contributed by atoms with van der Waals surface area (Å²) in [5, 5.41) is 5.42. The van der Waals surface area contributed by atoms with E-state index in [-0.39, 0.29) is 11.3 Å². The summed E-state index contributed by atoms with van der Waals surface area (Å²) in [6.45, 7) is 3.05. The summed E-state index contributed by atoms with van der Waals surface area (Å²) >= 11 is 0. The molecule has 4 aliphatic carbocycles. The highest BCUT2D eigenvalue weighted by molar-refractivity contribution is 5.95. The molecule has 0 unspecified atom stereocenters. The first kappa shape index (κ1) is 20.8. The molecule has 4 bridgehead atoms. The quantitative estimate of drug-likeness (QED) is 0.696. The molecule has 2 amide bonds. The molecule has 4 fully saturated rings. The van der Waals surface area contributed by atoms with Gasteiger partial charge in [0.1, 0.15) is 11.9 Å². The number of esters is 1. The Morgan fingerprint density at radius 3 is 2.07 bits per heavy atom. The van der Waals surface area contributed by atoms with Gasteiger partial charge in [-0.2, -0.15) is 0 Å². The Labute approximate surface area is 175 Å². The molecule has 1 aromatic rings. The van der Waals surface area contributed by atoms with Gasteiger partial charge in [0.25, 0.3) is 5.91 Å². The molecule has 5 rings (SSSR count). The minimum atomic E-state index is -1.04. The highest BCUT2D eigenvalue weighted by Gasteiger charge is 2.54. The van der Waals surface area contributed by atoms with E-state index in [0.29, 0.717) is 23.4 Å². The van der Waals surface area contributed by atoms with Gasteiger partial charge in [-0.25, -0.2) is 9.18 Å². The van der Waals surface area contributed by atoms with Crippen molar-refractivity contribution in [1.82, 2.24) is 5.32 Å². The SMILES string of the molecule is C[C@H](NC(=O)C12CC3CC(CC(C3)C1)C2)C(=O)O[C@H](C)C(=O)Nc1ccc(F)cc1. The number of carbonyl (C=O) groups is 3. The average Bonchev–Trinajstić information content (AvgIpc) is 2.68. The summed E-state index contributed by atoms with van der Waals surface area (Å²) < 4.78 is 18.2. The van der Waals surface area contributed by atoms with Gasteiger partial charge >= 0.3 is 5.97 Å². The van der Waals surface area contributed by atoms with Crippen molar-refractivity contribution in [3.63, 3.8) is 0 Å². The van der Waals surface area contributed by atoms with Gasteiger partial charge in [0, 0.05) is 11.1 Å². The normalized spacial score (nSPS) is 31.0. The molecule has 0 aromatic heterocycles. The van der Waals surface area contributed by atoms with Crippen molar-refractivity contribution < 1.29 is 23.5 Å². The molecule has 0 heterocycles. The van der Waals surface area contributed by atoms with E-state index in [1.165, 1.54) is 50.5 Å². The Balaban J connectivity index is 1.29. The van der Waals surface area contributed by atoms with Crippen LogP contribution in [0.5, 0.6) is 0 Å². The number of hydrogen-bond acceptors (Lipinski definition) is 4. The number of rotatable bonds is 6. The van der Waals surface area contributed by atoms with E-state index in [4.69, 9.17) is 4.74 Å². The predicted octanol–water partition coefficient (Wildman–Crippen LogP) is 3.42. The third-order valence-corrected chi connectivity index (χ3v) is 6.99. The molecule has 6 nitrogen and oxygen atoms in total. The number of halogens is 1. The molecule has 7 heteroatoms. The lowest BCUT2D eigenvalue weighted by Gasteiger charge is -2.55. The number of anilines is 1. The molecule has 4 saturated carbocycles. The monoisotopic (exact) mass is 416 g/mol. The van der Waals surface area contributed by atoms with Crippen LogP contribution < -0.4 is 10.6 Å². The fourth-order valence-electron chi connectivity index (χ4n) is 5.90. The zero-order valence-corrected chi connectivity index (χ0v) is 17.4. The third-order valence-electron chi connectivity index (χ3n) is 6.99. The summed E-state index contributed by atoms with van der Waals surface area (Å²) in [6.07, 6.45) is 5.44. The summed E-state index contributed by atoms with van der Waals surface area (Å²) in [5.74, 6) is 0.299. The Morgan fingerprint density at radius 1 is 1.00 bits per heavy atom. The third kappa shape index (κ3) is 4.20. The predicted molar refractivity (Wildman–Crippen MR) is 109 cm³/mol. The summed E-state index contributed by atoms with van der Waals surface area (Å²) in [6, 6.07) is 4.49. The molecule has 2 atom stereocenters. The molecule has 0 aliphatic heterocycles. The van der Waals surface area contributed by atoms with Crippen LogP contribution in [0.25, 0.3) is 0 Å². The van der Waals surface area contributed by atoms with Crippen molar-refractivity contribution >= 4 is 23.5 Å². The van der Waals surface area contributed by atoms with Crippen molar-refractivity contribution in [2.45, 2.75) is 64.5 Å². The fourth-order valence-corrected chi connectivity index (χ4v) is 5.90. The van der Waals surface area contributed by atoms with E-state index in [1.807, 2.05) is 0 Å². The van der Waals surface area contributed by atoms with Crippen molar-refractivity contribution in [2.75, 3.05) is 5.32 Å². The van der Waals surface area contributed by atoms with Gasteiger partial charge in [0.05, 0.1) is 0 Å². The van der Waals surface area contributed by atoms with Crippen LogP contribution in [0, 0.1) is 29.0 Å². The largest absolute Gasteiger partial charge is 0.451 e. The fraction of sp³-hybridized carbons (Fsp3) is 0.609. The van der Waals surface area contributed by atoms with E-state index < -0.39 is 29.8 Å². The summed E-state index contributed by atoms with van der Waals surface area (Å²) in [4.78, 5) is 37.8. The molecule has 0 radical (unpaired) electrons. The Hall–Kier alpha value is -2.44. The average molecular weight is 416 g/mol. The first-order chi connectivity index (χ1) is 14.2. The van der Waals surface area contributed by atoms with E-state index in [0.717, 1.165) is 19.3 Å². The second kappa shape index (κ2) is 8.00. The lowest BCUT2D eigenvalue weighted by atomic mass is 9.49. The first-order valence-corrected chi connectivity index (χ1v) is 10.8. The molecule has 162 valence electrons. The van der Waals surface area contributed by atoms with Crippen molar-refractivity contribution in [2.24, 2.45) is 23.2 Å². The number of hydrogen-bond donors (Lipinski definition) is 2. The maximum absolute atomic E-state index is 13.1. The number of nitrogens with one attached hydrogen (secondary N) is 2. The highest BCUT2D eigenvalue weighted by atomic mass is 19.1. The van der Waals surface area contributed by atoms with E-state index in [2.05, 4.69) is 10.6 Å². The molecule has 0 spiro atoms. The van der Waals surface area contributed by atoms with Gasteiger partial charge in [-0.05, 0) is 94.4 Å². The van der Waals surface area contributed by atoms with E-state index in [9.17, 15) is 18.8 Å². The van der Waals surface area contributed by atoms with Crippen LogP contribution in [0.2, 0.25) is 0 Å². The zero-order chi connectivity index (χ0) is 21.5. The first-order valence-electron chi connectivity index (χ1n) is 10.8. The van der Waals surface area contributed by atoms with E-state index in [1.54, 1.807) is 6.92 Å². The maximum atomic E-state index is 13.1. The number of amides is 2. The van der Waals surface area contributed by atoms with Crippen LogP contribution in [-0.4, -0.2) is 29.9 Å². The standard InChI is InChI=1S/C23H29FN2O4/c1-13(21(28)30-14(2)20(27)26-19-5-3-18(24)4-6-19)25-22(29)23-10-15-7-16(11-23)9-17(8-15)12-23/h3-6,13-17H,7-12H2,1-2H3,(H,25,29)(H,26,27)/t13-,14+,15?,16?,17?,23?/m0/s1. The van der Waals surface area contributed by atoms with Crippen LogP contribution in [0.3, 0.4) is 0 Å². The van der Waals surface area contributed by atoms with Gasteiger partial charge in [-0.1, -0.05) is 0 Å². The van der Waals surface area contributed by atoms with E-state index >= 15 is 0 Å². The molecular weight excluding hydrogens is 387 g/mol. The number of ether oxygens (including phenoxy) is 1. The second-order valence-corrected chi connectivity index (χ2v) is 9.47. The molecule has 30 heavy (non-hydrogen) atoms. The minimum absolute atomic E-state index is 0.0468. The van der Waals surface area contributed by atoms with Gasteiger partial charge in [-0.3, -0.25) is 9.59 Å². The number of carbonyl (C=O) groups excluding carboxylic acids is 3. The van der Waals surface area contributed by atoms with Gasteiger partial charge in [0.15, 0.2) is 6.10 Å². The van der Waals surface area contributed by atoms with Crippen LogP contribution in [0.4, 0.5) is 10.1 Å².